The van der Waals surface area contributed by atoms with Crippen LogP contribution in [-0.2, 0) is 34.0 Å². The highest BCUT2D eigenvalue weighted by atomic mass is 32.2. The standard InChI is InChI=1S/C23H29N3O5S/c1-4-19-20(23(28)31-3)15(2)21(24-19)22(27)25-10-12-26(13-11-25)32(29,30)18-9-8-16-6-5-7-17(16)14-18/h8-9,14,24H,4-7,10-13H2,1-3H3. The van der Waals surface area contributed by atoms with Gasteiger partial charge in [0.05, 0.1) is 17.6 Å². The minimum Gasteiger partial charge on any atom is -0.465 e. The summed E-state index contributed by atoms with van der Waals surface area (Å²) in [6, 6.07) is 5.42. The zero-order valence-electron chi connectivity index (χ0n) is 18.7. The highest BCUT2D eigenvalue weighted by molar-refractivity contribution is 7.89. The highest BCUT2D eigenvalue weighted by Crippen LogP contribution is 2.27. The van der Waals surface area contributed by atoms with E-state index in [1.165, 1.54) is 17.0 Å². The molecule has 2 heterocycles. The van der Waals surface area contributed by atoms with Gasteiger partial charge in [0.15, 0.2) is 0 Å². The van der Waals surface area contributed by atoms with Crippen LogP contribution in [0.25, 0.3) is 0 Å². The van der Waals surface area contributed by atoms with Crippen LogP contribution in [0.15, 0.2) is 23.1 Å². The Morgan fingerprint density at radius 3 is 2.44 bits per heavy atom. The number of methoxy groups -OCH3 is 1. The topological polar surface area (TPSA) is 99.8 Å². The number of carbonyl (C=O) groups excluding carboxylic acids is 2. The number of nitrogens with one attached hydrogen (secondary N) is 1. The molecule has 1 aromatic heterocycles. The van der Waals surface area contributed by atoms with Crippen LogP contribution in [0.3, 0.4) is 0 Å². The van der Waals surface area contributed by atoms with Gasteiger partial charge in [-0.3, -0.25) is 4.79 Å². The SMILES string of the molecule is CCc1[nH]c(C(=O)N2CCN(S(=O)(=O)c3ccc4c(c3)CCC4)CC2)c(C)c1C(=O)OC. The third-order valence-electron chi connectivity index (χ3n) is 6.52. The molecule has 1 fully saturated rings. The Bertz CT molecular complexity index is 1160. The number of rotatable bonds is 5. The molecular formula is C23H29N3O5S. The Kier molecular flexibility index (Phi) is 6.13. The van der Waals surface area contributed by atoms with E-state index >= 15 is 0 Å². The van der Waals surface area contributed by atoms with Gasteiger partial charge >= 0.3 is 5.97 Å². The lowest BCUT2D eigenvalue weighted by atomic mass is 10.1. The molecule has 32 heavy (non-hydrogen) atoms. The first-order valence-corrected chi connectivity index (χ1v) is 12.4. The number of aryl methyl sites for hydroxylation is 3. The van der Waals surface area contributed by atoms with Crippen molar-refractivity contribution < 1.29 is 22.7 Å². The number of benzene rings is 1. The largest absolute Gasteiger partial charge is 0.465 e. The molecule has 1 saturated heterocycles. The van der Waals surface area contributed by atoms with Gasteiger partial charge in [-0.1, -0.05) is 13.0 Å². The molecule has 1 aromatic carbocycles. The molecule has 0 unspecified atom stereocenters. The van der Waals surface area contributed by atoms with E-state index in [9.17, 15) is 18.0 Å². The van der Waals surface area contributed by atoms with Crippen LogP contribution in [0.2, 0.25) is 0 Å². The lowest BCUT2D eigenvalue weighted by molar-refractivity contribution is 0.0599. The van der Waals surface area contributed by atoms with Crippen LogP contribution >= 0.6 is 0 Å². The Labute approximate surface area is 188 Å². The van der Waals surface area contributed by atoms with Crippen molar-refractivity contribution >= 4 is 21.9 Å². The number of ether oxygens (including phenoxy) is 1. The van der Waals surface area contributed by atoms with E-state index in [4.69, 9.17) is 4.74 Å². The van der Waals surface area contributed by atoms with Crippen LogP contribution in [0.1, 0.15) is 56.6 Å². The van der Waals surface area contributed by atoms with Gasteiger partial charge in [-0.2, -0.15) is 4.31 Å². The second-order valence-electron chi connectivity index (χ2n) is 8.30. The van der Waals surface area contributed by atoms with E-state index in [1.807, 2.05) is 13.0 Å². The fourth-order valence-corrected chi connectivity index (χ4v) is 6.14. The maximum absolute atomic E-state index is 13.1. The molecule has 9 heteroatoms. The van der Waals surface area contributed by atoms with Gasteiger partial charge in [0.25, 0.3) is 5.91 Å². The predicted octanol–water partition coefficient (Wildman–Crippen LogP) is 2.31. The molecule has 1 aliphatic carbocycles. The van der Waals surface area contributed by atoms with Crippen molar-refractivity contribution in [1.82, 2.24) is 14.2 Å². The third-order valence-corrected chi connectivity index (χ3v) is 8.41. The maximum atomic E-state index is 13.1. The van der Waals surface area contributed by atoms with Crippen LogP contribution in [0.5, 0.6) is 0 Å². The Morgan fingerprint density at radius 1 is 1.09 bits per heavy atom. The number of carbonyl (C=O) groups is 2. The molecule has 8 nitrogen and oxygen atoms in total. The second kappa shape index (κ2) is 8.71. The van der Waals surface area contributed by atoms with Crippen LogP contribution in [0.4, 0.5) is 0 Å². The van der Waals surface area contributed by atoms with Crippen LogP contribution < -0.4 is 0 Å². The van der Waals surface area contributed by atoms with Gasteiger partial charge in [-0.15, -0.1) is 0 Å². The lowest BCUT2D eigenvalue weighted by Crippen LogP contribution is -2.50. The normalized spacial score (nSPS) is 16.8. The summed E-state index contributed by atoms with van der Waals surface area (Å²) in [7, 11) is -2.28. The van der Waals surface area contributed by atoms with Gasteiger partial charge < -0.3 is 14.6 Å². The van der Waals surface area contributed by atoms with E-state index in [0.29, 0.717) is 33.8 Å². The first kappa shape index (κ1) is 22.5. The van der Waals surface area contributed by atoms with Gasteiger partial charge in [-0.05, 0) is 61.4 Å². The molecule has 0 atom stereocenters. The molecule has 1 amide bonds. The summed E-state index contributed by atoms with van der Waals surface area (Å²) in [5, 5.41) is 0. The molecule has 172 valence electrons. The molecule has 0 saturated carbocycles. The molecule has 0 bridgehead atoms. The van der Waals surface area contributed by atoms with Gasteiger partial charge in [0.2, 0.25) is 10.0 Å². The Balaban J connectivity index is 1.49. The van der Waals surface area contributed by atoms with Crippen molar-refractivity contribution in [3.8, 4) is 0 Å². The fourth-order valence-electron chi connectivity index (χ4n) is 4.66. The summed E-state index contributed by atoms with van der Waals surface area (Å²) < 4.78 is 32.6. The van der Waals surface area contributed by atoms with Gasteiger partial charge in [0.1, 0.15) is 5.69 Å². The number of fused-ring (bicyclic) bond motifs is 1. The summed E-state index contributed by atoms with van der Waals surface area (Å²) >= 11 is 0. The predicted molar refractivity (Wildman–Crippen MR) is 119 cm³/mol. The summed E-state index contributed by atoms with van der Waals surface area (Å²) in [6.07, 6.45) is 3.55. The number of esters is 1. The zero-order valence-corrected chi connectivity index (χ0v) is 19.5. The van der Waals surface area contributed by atoms with Gasteiger partial charge in [-0.25, -0.2) is 13.2 Å². The number of sulfonamides is 1. The highest BCUT2D eigenvalue weighted by Gasteiger charge is 2.33. The Hall–Kier alpha value is -2.65. The van der Waals surface area contributed by atoms with E-state index in [-0.39, 0.29) is 32.1 Å². The second-order valence-corrected chi connectivity index (χ2v) is 10.2. The first-order chi connectivity index (χ1) is 15.3. The van der Waals surface area contributed by atoms with E-state index in [0.717, 1.165) is 24.8 Å². The van der Waals surface area contributed by atoms with Crippen molar-refractivity contribution in [2.45, 2.75) is 44.4 Å². The van der Waals surface area contributed by atoms with Crippen molar-refractivity contribution in [2.24, 2.45) is 0 Å². The number of nitrogens with zero attached hydrogens (tertiary/aromatic N) is 2. The first-order valence-electron chi connectivity index (χ1n) is 11.0. The molecule has 1 N–H and O–H groups in total. The lowest BCUT2D eigenvalue weighted by Gasteiger charge is -2.34. The fraction of sp³-hybridized carbons (Fsp3) is 0.478. The van der Waals surface area contributed by atoms with Crippen molar-refractivity contribution in [2.75, 3.05) is 33.3 Å². The zero-order chi connectivity index (χ0) is 23.0. The molecule has 1 aliphatic heterocycles. The monoisotopic (exact) mass is 459 g/mol. The Morgan fingerprint density at radius 2 is 1.78 bits per heavy atom. The molecule has 2 aliphatic rings. The summed E-state index contributed by atoms with van der Waals surface area (Å²) in [6.45, 7) is 4.66. The molecule has 2 aromatic rings. The van der Waals surface area contributed by atoms with E-state index < -0.39 is 16.0 Å². The van der Waals surface area contributed by atoms with Crippen LogP contribution in [-0.4, -0.2) is 67.8 Å². The maximum Gasteiger partial charge on any atom is 0.339 e. The third kappa shape index (κ3) is 3.84. The van der Waals surface area contributed by atoms with Crippen molar-refractivity contribution in [3.63, 3.8) is 0 Å². The summed E-state index contributed by atoms with van der Waals surface area (Å²) in [4.78, 5) is 30.3. The van der Waals surface area contributed by atoms with Crippen LogP contribution in [0, 0.1) is 6.92 Å². The van der Waals surface area contributed by atoms with E-state index in [1.54, 1.807) is 24.0 Å². The number of aromatic nitrogens is 1. The summed E-state index contributed by atoms with van der Waals surface area (Å²) in [5.41, 5.74) is 4.34. The average molecular weight is 460 g/mol. The number of hydrogen-bond donors (Lipinski definition) is 1. The number of H-pyrrole nitrogens is 1. The number of aromatic amines is 1. The van der Waals surface area contributed by atoms with Crippen molar-refractivity contribution in [1.29, 1.82) is 0 Å². The smallest absolute Gasteiger partial charge is 0.339 e. The number of piperazine rings is 1. The minimum absolute atomic E-state index is 0.232. The number of amides is 1. The quantitative estimate of drug-likeness (QED) is 0.692. The minimum atomic E-state index is -3.60. The van der Waals surface area contributed by atoms with E-state index in [2.05, 4.69) is 4.98 Å². The molecule has 4 rings (SSSR count). The van der Waals surface area contributed by atoms with Crippen molar-refractivity contribution in [3.05, 3.63) is 51.8 Å². The number of hydrogen-bond acceptors (Lipinski definition) is 5. The molecule has 0 spiro atoms. The molecular weight excluding hydrogens is 430 g/mol. The molecule has 0 radical (unpaired) electrons. The average Bonchev–Trinajstić information content (AvgIpc) is 3.41. The van der Waals surface area contributed by atoms with Gasteiger partial charge in [0, 0.05) is 31.9 Å². The summed E-state index contributed by atoms with van der Waals surface area (Å²) in [5.74, 6) is -0.707.